The lowest BCUT2D eigenvalue weighted by atomic mass is 9.98. The molecule has 2 rings (SSSR count). The molecule has 0 N–H and O–H groups in total. The van der Waals surface area contributed by atoms with Crippen molar-refractivity contribution in [3.8, 4) is 0 Å². The van der Waals surface area contributed by atoms with Gasteiger partial charge >= 0.3 is 6.18 Å². The second kappa shape index (κ2) is 5.37. The van der Waals surface area contributed by atoms with E-state index in [2.05, 4.69) is 11.9 Å². The maximum atomic E-state index is 12.5. The first-order valence-corrected chi connectivity index (χ1v) is 6.72. The molecular formula is C12H13Cl2F3N2. The Bertz CT molecular complexity index is 465. The Kier molecular flexibility index (Phi) is 4.16. The van der Waals surface area contributed by atoms with Crippen LogP contribution >= 0.6 is 23.2 Å². The van der Waals surface area contributed by atoms with Crippen molar-refractivity contribution in [1.29, 1.82) is 0 Å². The zero-order valence-electron chi connectivity index (χ0n) is 10.2. The number of aromatic nitrogens is 1. The molecule has 7 heteroatoms. The third-order valence-electron chi connectivity index (χ3n) is 3.32. The molecule has 106 valence electrons. The van der Waals surface area contributed by atoms with E-state index in [0.29, 0.717) is 24.8 Å². The van der Waals surface area contributed by atoms with E-state index in [-0.39, 0.29) is 10.4 Å². The van der Waals surface area contributed by atoms with Crippen molar-refractivity contribution in [2.75, 3.05) is 18.0 Å². The van der Waals surface area contributed by atoms with Crippen LogP contribution in [0.1, 0.15) is 18.9 Å². The number of hydrogen-bond donors (Lipinski definition) is 0. The molecule has 0 saturated carbocycles. The minimum absolute atomic E-state index is 0.00763. The Balaban J connectivity index is 2.22. The zero-order chi connectivity index (χ0) is 14.2. The van der Waals surface area contributed by atoms with Crippen LogP contribution in [0.15, 0.2) is 12.3 Å². The predicted molar refractivity (Wildman–Crippen MR) is 69.9 cm³/mol. The standard InChI is InChI=1S/C12H13Cl2F3N2/c1-7-2-3-19(6-10(7)14)11-9(13)4-8(5-18-11)12(15,16)17/h4-5,7,10H,2-3,6H2,1H3. The Morgan fingerprint density at radius 1 is 1.42 bits per heavy atom. The van der Waals surface area contributed by atoms with Gasteiger partial charge in [-0.1, -0.05) is 18.5 Å². The number of rotatable bonds is 1. The first kappa shape index (κ1) is 14.7. The third kappa shape index (κ3) is 3.26. The van der Waals surface area contributed by atoms with Crippen LogP contribution in [0.5, 0.6) is 0 Å². The van der Waals surface area contributed by atoms with Gasteiger partial charge in [0.2, 0.25) is 0 Å². The summed E-state index contributed by atoms with van der Waals surface area (Å²) in [5.74, 6) is 0.748. The van der Waals surface area contributed by atoms with E-state index >= 15 is 0 Å². The summed E-state index contributed by atoms with van der Waals surface area (Å²) in [7, 11) is 0. The first-order chi connectivity index (χ1) is 8.79. The molecule has 1 aliphatic rings. The highest BCUT2D eigenvalue weighted by molar-refractivity contribution is 6.33. The van der Waals surface area contributed by atoms with E-state index in [9.17, 15) is 13.2 Å². The molecule has 2 nitrogen and oxygen atoms in total. The summed E-state index contributed by atoms with van der Waals surface area (Å²) in [6.45, 7) is 3.29. The minimum atomic E-state index is -4.43. The topological polar surface area (TPSA) is 16.1 Å². The third-order valence-corrected chi connectivity index (χ3v) is 4.16. The SMILES string of the molecule is CC1CCN(c2ncc(C(F)(F)F)cc2Cl)CC1Cl. The molecule has 0 aromatic carbocycles. The van der Waals surface area contributed by atoms with Gasteiger partial charge in [0, 0.05) is 19.3 Å². The first-order valence-electron chi connectivity index (χ1n) is 5.91. The molecule has 1 aromatic rings. The number of alkyl halides is 4. The summed E-state index contributed by atoms with van der Waals surface area (Å²) in [6, 6.07) is 0.908. The fraction of sp³-hybridized carbons (Fsp3) is 0.583. The fourth-order valence-electron chi connectivity index (χ4n) is 2.03. The van der Waals surface area contributed by atoms with E-state index in [4.69, 9.17) is 23.2 Å². The maximum Gasteiger partial charge on any atom is 0.417 e. The average molecular weight is 313 g/mol. The summed E-state index contributed by atoms with van der Waals surface area (Å²) in [5, 5.41) is -0.0397. The van der Waals surface area contributed by atoms with Crippen molar-refractivity contribution in [1.82, 2.24) is 4.98 Å². The smallest absolute Gasteiger partial charge is 0.354 e. The van der Waals surface area contributed by atoms with Crippen molar-refractivity contribution in [2.45, 2.75) is 24.9 Å². The molecule has 2 atom stereocenters. The van der Waals surface area contributed by atoms with Crippen LogP contribution in [0.4, 0.5) is 19.0 Å². The van der Waals surface area contributed by atoms with Gasteiger partial charge in [0.15, 0.2) is 0 Å². The summed E-state index contributed by atoms with van der Waals surface area (Å²) < 4.78 is 37.6. The van der Waals surface area contributed by atoms with Crippen molar-refractivity contribution >= 4 is 29.0 Å². The Morgan fingerprint density at radius 2 is 2.11 bits per heavy atom. The Morgan fingerprint density at radius 3 is 2.63 bits per heavy atom. The summed E-state index contributed by atoms with van der Waals surface area (Å²) in [4.78, 5) is 5.68. The van der Waals surface area contributed by atoms with Gasteiger partial charge in [0.1, 0.15) is 5.82 Å². The number of piperidine rings is 1. The van der Waals surface area contributed by atoms with E-state index in [1.165, 1.54) is 0 Å². The fourth-order valence-corrected chi connectivity index (χ4v) is 2.61. The second-order valence-electron chi connectivity index (χ2n) is 4.76. The highest BCUT2D eigenvalue weighted by Gasteiger charge is 2.33. The second-order valence-corrected chi connectivity index (χ2v) is 5.72. The zero-order valence-corrected chi connectivity index (χ0v) is 11.7. The molecule has 19 heavy (non-hydrogen) atoms. The van der Waals surface area contributed by atoms with Gasteiger partial charge in [0.25, 0.3) is 0 Å². The van der Waals surface area contributed by atoms with Crippen molar-refractivity contribution in [3.63, 3.8) is 0 Å². The van der Waals surface area contributed by atoms with Crippen LogP contribution in [0.2, 0.25) is 5.02 Å². The molecule has 0 amide bonds. The molecular weight excluding hydrogens is 300 g/mol. The molecule has 1 aromatic heterocycles. The molecule has 1 fully saturated rings. The van der Waals surface area contributed by atoms with Gasteiger partial charge in [-0.2, -0.15) is 13.2 Å². The summed E-state index contributed by atoms with van der Waals surface area (Å²) in [5.41, 5.74) is -0.839. The number of nitrogens with zero attached hydrogens (tertiary/aromatic N) is 2. The van der Waals surface area contributed by atoms with Crippen LogP contribution in [-0.2, 0) is 6.18 Å². The lowest BCUT2D eigenvalue weighted by Crippen LogP contribution is -2.41. The Hall–Kier alpha value is -0.680. The molecule has 2 unspecified atom stereocenters. The molecule has 2 heterocycles. The molecule has 0 spiro atoms. The molecule has 1 aliphatic heterocycles. The number of pyridine rings is 1. The normalized spacial score (nSPS) is 24.6. The highest BCUT2D eigenvalue weighted by atomic mass is 35.5. The minimum Gasteiger partial charge on any atom is -0.354 e. The predicted octanol–water partition coefficient (Wildman–Crippen LogP) is 4.21. The van der Waals surface area contributed by atoms with Crippen LogP contribution < -0.4 is 4.90 Å². The number of anilines is 1. The van der Waals surface area contributed by atoms with E-state index in [1.54, 1.807) is 0 Å². The average Bonchev–Trinajstić information content (AvgIpc) is 2.31. The maximum absolute atomic E-state index is 12.5. The summed E-state index contributed by atoms with van der Waals surface area (Å²) in [6.07, 6.45) is -2.75. The molecule has 1 saturated heterocycles. The van der Waals surface area contributed by atoms with Crippen molar-refractivity contribution in [3.05, 3.63) is 22.8 Å². The lowest BCUT2D eigenvalue weighted by Gasteiger charge is -2.35. The Labute approximate surface area is 119 Å². The molecule has 0 radical (unpaired) electrons. The van der Waals surface area contributed by atoms with Crippen LogP contribution in [0.3, 0.4) is 0 Å². The van der Waals surface area contributed by atoms with Gasteiger partial charge < -0.3 is 4.90 Å². The number of hydrogen-bond acceptors (Lipinski definition) is 2. The summed E-state index contributed by atoms with van der Waals surface area (Å²) >= 11 is 12.1. The van der Waals surface area contributed by atoms with E-state index < -0.39 is 11.7 Å². The van der Waals surface area contributed by atoms with Crippen LogP contribution in [-0.4, -0.2) is 23.5 Å². The quantitative estimate of drug-likeness (QED) is 0.722. The van der Waals surface area contributed by atoms with E-state index in [1.807, 2.05) is 4.90 Å². The van der Waals surface area contributed by atoms with Crippen LogP contribution in [0.25, 0.3) is 0 Å². The molecule has 0 bridgehead atoms. The highest BCUT2D eigenvalue weighted by Crippen LogP contribution is 2.35. The number of halogens is 5. The van der Waals surface area contributed by atoms with Gasteiger partial charge in [-0.25, -0.2) is 4.98 Å². The lowest BCUT2D eigenvalue weighted by molar-refractivity contribution is -0.137. The monoisotopic (exact) mass is 312 g/mol. The van der Waals surface area contributed by atoms with Gasteiger partial charge in [-0.05, 0) is 18.4 Å². The van der Waals surface area contributed by atoms with Crippen molar-refractivity contribution < 1.29 is 13.2 Å². The van der Waals surface area contributed by atoms with Crippen LogP contribution in [0, 0.1) is 5.92 Å². The van der Waals surface area contributed by atoms with Gasteiger partial charge in [0.05, 0.1) is 16.0 Å². The van der Waals surface area contributed by atoms with Gasteiger partial charge in [-0.15, -0.1) is 11.6 Å². The van der Waals surface area contributed by atoms with Gasteiger partial charge in [-0.3, -0.25) is 0 Å². The molecule has 0 aliphatic carbocycles. The largest absolute Gasteiger partial charge is 0.417 e. The van der Waals surface area contributed by atoms with E-state index in [0.717, 1.165) is 18.7 Å². The van der Waals surface area contributed by atoms with Crippen molar-refractivity contribution in [2.24, 2.45) is 5.92 Å².